The Hall–Kier alpha value is -0.780. The van der Waals surface area contributed by atoms with Crippen molar-refractivity contribution in [3.8, 4) is 0 Å². The molecule has 1 saturated heterocycles. The van der Waals surface area contributed by atoms with Crippen LogP contribution in [-0.2, 0) is 4.74 Å². The maximum Gasteiger partial charge on any atom is 0.150 e. The highest BCUT2D eigenvalue weighted by Crippen LogP contribution is 2.37. The first kappa shape index (κ1) is 12.3. The lowest BCUT2D eigenvalue weighted by atomic mass is 10.2. The molecule has 0 saturated carbocycles. The van der Waals surface area contributed by atoms with Crippen LogP contribution in [0.4, 0.5) is 5.69 Å². The van der Waals surface area contributed by atoms with Crippen LogP contribution in [0.2, 0.25) is 5.02 Å². The number of nitrogens with zero attached hydrogens (tertiary/aromatic N) is 2. The topological polar surface area (TPSA) is 53.1 Å². The van der Waals surface area contributed by atoms with Crippen molar-refractivity contribution in [3.63, 3.8) is 0 Å². The van der Waals surface area contributed by atoms with Crippen molar-refractivity contribution in [1.82, 2.24) is 9.78 Å². The van der Waals surface area contributed by atoms with Gasteiger partial charge in [0.25, 0.3) is 0 Å². The second-order valence-corrected chi connectivity index (χ2v) is 5.67. The van der Waals surface area contributed by atoms with Gasteiger partial charge in [-0.2, -0.15) is 5.10 Å². The van der Waals surface area contributed by atoms with Crippen molar-refractivity contribution in [2.45, 2.75) is 25.5 Å². The molecule has 1 fully saturated rings. The molecule has 0 aliphatic carbocycles. The van der Waals surface area contributed by atoms with Crippen molar-refractivity contribution < 1.29 is 4.74 Å². The second-order valence-electron chi connectivity index (χ2n) is 4.43. The molecule has 1 aromatic heterocycles. The number of nitrogens with two attached hydrogens (primary N) is 1. The van der Waals surface area contributed by atoms with Crippen molar-refractivity contribution in [1.29, 1.82) is 0 Å². The number of nitrogen functional groups attached to an aromatic ring is 1. The van der Waals surface area contributed by atoms with Crippen molar-refractivity contribution in [2.75, 3.05) is 12.3 Å². The Kier molecular flexibility index (Phi) is 3.21. The number of anilines is 1. The lowest BCUT2D eigenvalue weighted by Crippen LogP contribution is -2.19. The van der Waals surface area contributed by atoms with Crippen LogP contribution in [0.1, 0.15) is 25.5 Å². The van der Waals surface area contributed by atoms with E-state index in [0.29, 0.717) is 10.7 Å². The number of fused-ring (bicyclic) bond motifs is 1. The molecule has 1 aliphatic rings. The average Bonchev–Trinajstić information content (AvgIpc) is 2.82. The Morgan fingerprint density at radius 1 is 1.50 bits per heavy atom. The highest BCUT2D eigenvalue weighted by molar-refractivity contribution is 9.10. The molecular weight excluding hydrogens is 318 g/mol. The van der Waals surface area contributed by atoms with Gasteiger partial charge in [0.1, 0.15) is 0 Å². The SMILES string of the molecule is Nc1cc(Br)c(Cl)c2c1cnn2C1CCCCO1. The molecule has 2 heterocycles. The average molecular weight is 331 g/mol. The summed E-state index contributed by atoms with van der Waals surface area (Å²) < 4.78 is 8.38. The lowest BCUT2D eigenvalue weighted by Gasteiger charge is -2.23. The van der Waals surface area contributed by atoms with Crippen LogP contribution in [0, 0.1) is 0 Å². The van der Waals surface area contributed by atoms with E-state index in [-0.39, 0.29) is 6.23 Å². The zero-order valence-electron chi connectivity index (χ0n) is 9.70. The molecule has 3 rings (SSSR count). The first-order valence-electron chi connectivity index (χ1n) is 5.91. The lowest BCUT2D eigenvalue weighted by molar-refractivity contribution is -0.0366. The zero-order valence-corrected chi connectivity index (χ0v) is 12.0. The summed E-state index contributed by atoms with van der Waals surface area (Å²) in [5.74, 6) is 0. The first-order valence-corrected chi connectivity index (χ1v) is 7.08. The number of hydrogen-bond acceptors (Lipinski definition) is 3. The fraction of sp³-hybridized carbons (Fsp3) is 0.417. The number of aromatic nitrogens is 2. The summed E-state index contributed by atoms with van der Waals surface area (Å²) in [5.41, 5.74) is 7.50. The van der Waals surface area contributed by atoms with Crippen molar-refractivity contribution >= 4 is 44.1 Å². The van der Waals surface area contributed by atoms with Crippen LogP contribution in [0.5, 0.6) is 0 Å². The third kappa shape index (κ3) is 1.90. The van der Waals surface area contributed by atoms with Gasteiger partial charge < -0.3 is 10.5 Å². The van der Waals surface area contributed by atoms with E-state index < -0.39 is 0 Å². The Morgan fingerprint density at radius 3 is 3.06 bits per heavy atom. The molecular formula is C12H13BrClN3O. The predicted molar refractivity (Wildman–Crippen MR) is 75.7 cm³/mol. The third-order valence-electron chi connectivity index (χ3n) is 3.23. The fourth-order valence-electron chi connectivity index (χ4n) is 2.32. The molecule has 4 nitrogen and oxygen atoms in total. The molecule has 1 atom stereocenters. The minimum atomic E-state index is -0.0394. The van der Waals surface area contributed by atoms with Gasteiger partial charge >= 0.3 is 0 Å². The van der Waals surface area contributed by atoms with Crippen LogP contribution < -0.4 is 5.73 Å². The maximum absolute atomic E-state index is 6.34. The molecule has 1 aromatic carbocycles. The summed E-state index contributed by atoms with van der Waals surface area (Å²) in [7, 11) is 0. The molecule has 6 heteroatoms. The van der Waals surface area contributed by atoms with Crippen LogP contribution in [0.3, 0.4) is 0 Å². The molecule has 1 aliphatic heterocycles. The van der Waals surface area contributed by atoms with Gasteiger partial charge in [-0.15, -0.1) is 0 Å². The Balaban J connectivity index is 2.18. The van der Waals surface area contributed by atoms with Gasteiger partial charge in [-0.05, 0) is 41.3 Å². The maximum atomic E-state index is 6.34. The number of rotatable bonds is 1. The highest BCUT2D eigenvalue weighted by Gasteiger charge is 2.21. The van der Waals surface area contributed by atoms with Gasteiger partial charge in [0.15, 0.2) is 6.23 Å². The molecule has 96 valence electrons. The zero-order chi connectivity index (χ0) is 12.7. The van der Waals surface area contributed by atoms with Crippen molar-refractivity contribution in [2.24, 2.45) is 0 Å². The van der Waals surface area contributed by atoms with Gasteiger partial charge in [-0.1, -0.05) is 11.6 Å². The van der Waals surface area contributed by atoms with Crippen molar-refractivity contribution in [3.05, 3.63) is 21.8 Å². The number of ether oxygens (including phenoxy) is 1. The minimum absolute atomic E-state index is 0.0394. The quantitative estimate of drug-likeness (QED) is 0.811. The Bertz CT molecular complexity index is 593. The summed E-state index contributed by atoms with van der Waals surface area (Å²) >= 11 is 9.76. The summed E-state index contributed by atoms with van der Waals surface area (Å²) in [4.78, 5) is 0. The number of benzene rings is 1. The normalized spacial score (nSPS) is 20.4. The van der Waals surface area contributed by atoms with E-state index in [1.807, 2.05) is 4.68 Å². The molecule has 2 N–H and O–H groups in total. The van der Waals surface area contributed by atoms with Gasteiger partial charge in [0.05, 0.1) is 16.7 Å². The largest absolute Gasteiger partial charge is 0.398 e. The van der Waals surface area contributed by atoms with E-state index in [4.69, 9.17) is 22.1 Å². The van der Waals surface area contributed by atoms with E-state index in [9.17, 15) is 0 Å². The smallest absolute Gasteiger partial charge is 0.150 e. The molecule has 2 aromatic rings. The first-order chi connectivity index (χ1) is 8.68. The summed E-state index contributed by atoms with van der Waals surface area (Å²) in [5, 5.41) is 5.89. The van der Waals surface area contributed by atoms with Crippen LogP contribution >= 0.6 is 27.5 Å². The van der Waals surface area contributed by atoms with Crippen LogP contribution in [0.15, 0.2) is 16.7 Å². The molecule has 18 heavy (non-hydrogen) atoms. The van der Waals surface area contributed by atoms with E-state index in [0.717, 1.165) is 41.2 Å². The number of halogens is 2. The van der Waals surface area contributed by atoms with E-state index >= 15 is 0 Å². The standard InChI is InChI=1S/C12H13BrClN3O/c13-8-5-9(15)7-6-16-17(12(7)11(8)14)10-3-1-2-4-18-10/h5-6,10H,1-4,15H2. The third-order valence-corrected chi connectivity index (χ3v) is 4.47. The van der Waals surface area contributed by atoms with E-state index in [1.165, 1.54) is 0 Å². The Labute approximate surface area is 118 Å². The van der Waals surface area contributed by atoms with Crippen LogP contribution in [0.25, 0.3) is 10.9 Å². The molecule has 0 radical (unpaired) electrons. The summed E-state index contributed by atoms with van der Waals surface area (Å²) in [6.45, 7) is 0.771. The summed E-state index contributed by atoms with van der Waals surface area (Å²) in [6.07, 6.45) is 4.92. The number of hydrogen-bond donors (Lipinski definition) is 1. The summed E-state index contributed by atoms with van der Waals surface area (Å²) in [6, 6.07) is 1.80. The predicted octanol–water partition coefficient (Wildman–Crippen LogP) is 3.73. The highest BCUT2D eigenvalue weighted by atomic mass is 79.9. The monoisotopic (exact) mass is 329 g/mol. The molecule has 0 bridgehead atoms. The molecule has 0 spiro atoms. The molecule has 0 amide bonds. The van der Waals surface area contributed by atoms with Gasteiger partial charge in [-0.3, -0.25) is 0 Å². The molecule has 1 unspecified atom stereocenters. The second kappa shape index (κ2) is 4.72. The van der Waals surface area contributed by atoms with E-state index in [2.05, 4.69) is 21.0 Å². The minimum Gasteiger partial charge on any atom is -0.398 e. The van der Waals surface area contributed by atoms with Crippen LogP contribution in [-0.4, -0.2) is 16.4 Å². The van der Waals surface area contributed by atoms with Gasteiger partial charge in [0.2, 0.25) is 0 Å². The Morgan fingerprint density at radius 2 is 2.33 bits per heavy atom. The van der Waals surface area contributed by atoms with E-state index in [1.54, 1.807) is 12.3 Å². The van der Waals surface area contributed by atoms with Gasteiger partial charge in [-0.25, -0.2) is 4.68 Å². The van der Waals surface area contributed by atoms with Gasteiger partial charge in [0, 0.05) is 22.2 Å². The fourth-order valence-corrected chi connectivity index (χ4v) is 3.00.